The summed E-state index contributed by atoms with van der Waals surface area (Å²) in [6, 6.07) is 13.3. The van der Waals surface area contributed by atoms with Gasteiger partial charge in [0.25, 0.3) is 5.91 Å². The first-order valence-corrected chi connectivity index (χ1v) is 10.9. The summed E-state index contributed by atoms with van der Waals surface area (Å²) >= 11 is 6.29. The van der Waals surface area contributed by atoms with Gasteiger partial charge in [-0.25, -0.2) is 0 Å². The molecule has 0 atom stereocenters. The van der Waals surface area contributed by atoms with E-state index in [0.717, 1.165) is 51.0 Å². The molecule has 0 saturated heterocycles. The van der Waals surface area contributed by atoms with Gasteiger partial charge in [0.2, 0.25) is 0 Å². The average molecular weight is 424 g/mol. The van der Waals surface area contributed by atoms with E-state index in [-0.39, 0.29) is 5.91 Å². The number of pyridine rings is 1. The van der Waals surface area contributed by atoms with E-state index >= 15 is 0 Å². The smallest absolute Gasteiger partial charge is 0.262 e. The average Bonchev–Trinajstić information content (AvgIpc) is 2.91. The van der Waals surface area contributed by atoms with Crippen LogP contribution in [0.5, 0.6) is 5.75 Å². The molecule has 0 saturated carbocycles. The molecular formula is C24H26ClN3O2. The molecule has 5 nitrogen and oxygen atoms in total. The summed E-state index contributed by atoms with van der Waals surface area (Å²) in [4.78, 5) is 21.3. The Balaban J connectivity index is 1.21. The van der Waals surface area contributed by atoms with Crippen LogP contribution in [-0.4, -0.2) is 46.9 Å². The Morgan fingerprint density at radius 3 is 2.67 bits per heavy atom. The summed E-state index contributed by atoms with van der Waals surface area (Å²) in [7, 11) is 0. The van der Waals surface area contributed by atoms with Crippen molar-refractivity contribution in [2.24, 2.45) is 0 Å². The van der Waals surface area contributed by atoms with Crippen molar-refractivity contribution in [2.45, 2.75) is 25.7 Å². The largest absolute Gasteiger partial charge is 0.461 e. The fourth-order valence-electron chi connectivity index (χ4n) is 3.85. The fraction of sp³-hybridized carbons (Fsp3) is 0.333. The van der Waals surface area contributed by atoms with Crippen LogP contribution in [0.15, 0.2) is 66.2 Å². The molecule has 2 aliphatic rings. The number of nitrogens with zero attached hydrogens (tertiary/aromatic N) is 3. The van der Waals surface area contributed by atoms with E-state index in [1.54, 1.807) is 17.0 Å². The maximum absolute atomic E-state index is 12.8. The summed E-state index contributed by atoms with van der Waals surface area (Å²) in [5.41, 5.74) is 2.98. The Hall–Kier alpha value is -2.63. The molecule has 2 aliphatic heterocycles. The fourth-order valence-corrected chi connectivity index (χ4v) is 4.06. The first kappa shape index (κ1) is 20.6. The van der Waals surface area contributed by atoms with Crippen molar-refractivity contribution >= 4 is 23.1 Å². The van der Waals surface area contributed by atoms with Crippen molar-refractivity contribution in [1.82, 2.24) is 14.8 Å². The van der Waals surface area contributed by atoms with Crippen LogP contribution >= 0.6 is 11.6 Å². The van der Waals surface area contributed by atoms with Gasteiger partial charge in [-0.3, -0.25) is 19.6 Å². The number of ether oxygens (including phenoxy) is 1. The highest BCUT2D eigenvalue weighted by atomic mass is 35.5. The van der Waals surface area contributed by atoms with Gasteiger partial charge in [-0.05, 0) is 55.6 Å². The van der Waals surface area contributed by atoms with Gasteiger partial charge in [0.1, 0.15) is 17.2 Å². The number of rotatable bonds is 7. The van der Waals surface area contributed by atoms with E-state index in [1.165, 1.54) is 11.8 Å². The molecule has 0 fully saturated rings. The molecule has 1 aromatic carbocycles. The van der Waals surface area contributed by atoms with Gasteiger partial charge in [0.05, 0.1) is 11.3 Å². The lowest BCUT2D eigenvalue weighted by atomic mass is 10.0. The molecule has 1 amide bonds. The van der Waals surface area contributed by atoms with Gasteiger partial charge >= 0.3 is 0 Å². The van der Waals surface area contributed by atoms with Crippen LogP contribution in [-0.2, 0) is 0 Å². The van der Waals surface area contributed by atoms with Crippen LogP contribution in [0.25, 0.3) is 5.57 Å². The Bertz CT molecular complexity index is 942. The Kier molecular flexibility index (Phi) is 6.82. The summed E-state index contributed by atoms with van der Waals surface area (Å²) in [5.74, 6) is 0.443. The Labute approximate surface area is 182 Å². The minimum absolute atomic E-state index is 0.104. The van der Waals surface area contributed by atoms with Crippen molar-refractivity contribution in [2.75, 3.05) is 26.2 Å². The first-order chi connectivity index (χ1) is 14.7. The van der Waals surface area contributed by atoms with E-state index in [9.17, 15) is 4.79 Å². The second kappa shape index (κ2) is 9.92. The third-order valence-electron chi connectivity index (χ3n) is 5.55. The Morgan fingerprint density at radius 1 is 1.03 bits per heavy atom. The highest BCUT2D eigenvalue weighted by molar-refractivity contribution is 6.30. The molecule has 0 spiro atoms. The minimum Gasteiger partial charge on any atom is -0.461 e. The minimum atomic E-state index is -0.104. The quantitative estimate of drug-likeness (QED) is 0.468. The topological polar surface area (TPSA) is 45.7 Å². The maximum atomic E-state index is 12.8. The van der Waals surface area contributed by atoms with Gasteiger partial charge in [0.15, 0.2) is 0 Å². The lowest BCUT2D eigenvalue weighted by Crippen LogP contribution is -2.30. The number of para-hydroxylation sites is 1. The molecule has 0 unspecified atom stereocenters. The molecule has 2 aromatic rings. The molecule has 0 radical (unpaired) electrons. The van der Waals surface area contributed by atoms with Gasteiger partial charge in [0, 0.05) is 25.8 Å². The second-order valence-electron chi connectivity index (χ2n) is 7.57. The number of carbonyl (C=O) groups is 1. The van der Waals surface area contributed by atoms with Crippen molar-refractivity contribution in [3.63, 3.8) is 0 Å². The molecular weight excluding hydrogens is 398 g/mol. The summed E-state index contributed by atoms with van der Waals surface area (Å²) in [6.07, 6.45) is 9.69. The highest BCUT2D eigenvalue weighted by Crippen LogP contribution is 2.27. The predicted octanol–water partition coefficient (Wildman–Crippen LogP) is 4.91. The summed E-state index contributed by atoms with van der Waals surface area (Å²) in [6.45, 7) is 3.69. The van der Waals surface area contributed by atoms with Crippen LogP contribution < -0.4 is 4.74 Å². The molecule has 4 rings (SSSR count). The van der Waals surface area contributed by atoms with E-state index in [4.69, 9.17) is 16.3 Å². The van der Waals surface area contributed by atoms with Crippen LogP contribution in [0.1, 0.15) is 41.7 Å². The lowest BCUT2D eigenvalue weighted by Gasteiger charge is -2.26. The van der Waals surface area contributed by atoms with Crippen LogP contribution in [0, 0.1) is 0 Å². The van der Waals surface area contributed by atoms with E-state index < -0.39 is 0 Å². The number of hydrogen-bond donors (Lipinski definition) is 0. The molecule has 0 bridgehead atoms. The van der Waals surface area contributed by atoms with Crippen LogP contribution in [0.2, 0.25) is 0 Å². The molecule has 30 heavy (non-hydrogen) atoms. The molecule has 0 aliphatic carbocycles. The number of hydrogen-bond acceptors (Lipinski definition) is 4. The number of unbranched alkanes of at least 4 members (excludes halogenated alkanes) is 2. The van der Waals surface area contributed by atoms with Crippen molar-refractivity contribution in [3.05, 3.63) is 77.4 Å². The zero-order chi connectivity index (χ0) is 20.8. The zero-order valence-corrected chi connectivity index (χ0v) is 17.7. The summed E-state index contributed by atoms with van der Waals surface area (Å²) in [5, 5.41) is 0.333. The normalized spacial score (nSPS) is 17.0. The van der Waals surface area contributed by atoms with Crippen LogP contribution in [0.3, 0.4) is 0 Å². The number of amides is 1. The molecule has 3 heterocycles. The number of benzene rings is 1. The standard InChI is InChI=1S/C24H26ClN3O2/c25-23-18-30-22-10-3-2-8-20(22)24(29)28(23)15-7-1-6-14-27-16-11-19(12-17-27)21-9-4-5-13-26-21/h2-5,8-11,13,18H,1,6-7,12,14-17H2. The maximum Gasteiger partial charge on any atom is 0.262 e. The second-order valence-corrected chi connectivity index (χ2v) is 7.95. The van der Waals surface area contributed by atoms with Crippen molar-refractivity contribution in [3.8, 4) is 5.75 Å². The van der Waals surface area contributed by atoms with Crippen LogP contribution in [0.4, 0.5) is 0 Å². The van der Waals surface area contributed by atoms with Gasteiger partial charge < -0.3 is 4.74 Å². The SMILES string of the molecule is O=C1c2ccccc2OC=C(Cl)N1CCCCCN1CC=C(c2ccccn2)CC1. The number of halogens is 1. The third-order valence-corrected chi connectivity index (χ3v) is 5.84. The first-order valence-electron chi connectivity index (χ1n) is 10.5. The predicted molar refractivity (Wildman–Crippen MR) is 119 cm³/mol. The highest BCUT2D eigenvalue weighted by Gasteiger charge is 2.24. The number of fused-ring (bicyclic) bond motifs is 1. The number of aromatic nitrogens is 1. The lowest BCUT2D eigenvalue weighted by molar-refractivity contribution is 0.0815. The molecule has 156 valence electrons. The van der Waals surface area contributed by atoms with E-state index in [0.29, 0.717) is 23.0 Å². The third kappa shape index (κ3) is 4.91. The monoisotopic (exact) mass is 423 g/mol. The summed E-state index contributed by atoms with van der Waals surface area (Å²) < 4.78 is 5.54. The Morgan fingerprint density at radius 2 is 1.87 bits per heavy atom. The van der Waals surface area contributed by atoms with Crippen molar-refractivity contribution < 1.29 is 9.53 Å². The van der Waals surface area contributed by atoms with E-state index in [1.807, 2.05) is 30.5 Å². The van der Waals surface area contributed by atoms with Gasteiger partial charge in [-0.2, -0.15) is 0 Å². The molecule has 0 N–H and O–H groups in total. The van der Waals surface area contributed by atoms with E-state index in [2.05, 4.69) is 22.0 Å². The molecule has 1 aromatic heterocycles. The molecule has 6 heteroatoms. The van der Waals surface area contributed by atoms with Crippen molar-refractivity contribution in [1.29, 1.82) is 0 Å². The number of carbonyl (C=O) groups excluding carboxylic acids is 1. The van der Waals surface area contributed by atoms with Gasteiger partial charge in [-0.1, -0.05) is 42.3 Å². The zero-order valence-electron chi connectivity index (χ0n) is 17.0. The van der Waals surface area contributed by atoms with Gasteiger partial charge in [-0.15, -0.1) is 0 Å².